The summed E-state index contributed by atoms with van der Waals surface area (Å²) in [7, 11) is -5.38. The molecule has 4 rings (SSSR count). The van der Waals surface area contributed by atoms with Crippen LogP contribution in [0.3, 0.4) is 0 Å². The van der Waals surface area contributed by atoms with E-state index >= 15 is 0 Å². The van der Waals surface area contributed by atoms with Crippen LogP contribution in [-0.2, 0) is 29.4 Å². The summed E-state index contributed by atoms with van der Waals surface area (Å²) in [6.07, 6.45) is 11.1. The van der Waals surface area contributed by atoms with Gasteiger partial charge in [-0.2, -0.15) is 13.2 Å². The first-order valence-electron chi connectivity index (χ1n) is 11.7. The van der Waals surface area contributed by atoms with E-state index in [1.165, 1.54) is 30.0 Å². The van der Waals surface area contributed by atoms with Gasteiger partial charge >= 0.3 is 5.51 Å². The average Bonchev–Trinajstić information content (AvgIpc) is 3.57. The number of aryl methyl sites for hydroxylation is 3. The molecule has 8 nitrogen and oxygen atoms in total. The van der Waals surface area contributed by atoms with Gasteiger partial charge in [0.15, 0.2) is 0 Å². The van der Waals surface area contributed by atoms with Crippen molar-refractivity contribution in [2.45, 2.75) is 49.7 Å². The van der Waals surface area contributed by atoms with Crippen LogP contribution in [0.1, 0.15) is 41.1 Å². The summed E-state index contributed by atoms with van der Waals surface area (Å²) in [6, 6.07) is 10.3. The van der Waals surface area contributed by atoms with Crippen molar-refractivity contribution in [3.63, 3.8) is 0 Å². The second kappa shape index (κ2) is 11.6. The second-order valence-corrected chi connectivity index (χ2v) is 10.5. The predicted molar refractivity (Wildman–Crippen MR) is 134 cm³/mol. The lowest BCUT2D eigenvalue weighted by Gasteiger charge is -2.09. The minimum absolute atomic E-state index is 0.192. The van der Waals surface area contributed by atoms with Crippen LogP contribution in [0.15, 0.2) is 70.4 Å². The molecule has 4 aromatic rings. The van der Waals surface area contributed by atoms with Gasteiger partial charge in [0.05, 0.1) is 11.1 Å². The monoisotopic (exact) mass is 546 g/mol. The van der Waals surface area contributed by atoms with Gasteiger partial charge in [-0.15, -0.1) is 5.10 Å². The molecule has 2 aromatic heterocycles. The Bertz CT molecular complexity index is 1480. The molecule has 0 N–H and O–H groups in total. The Morgan fingerprint density at radius 2 is 1.87 bits per heavy atom. The van der Waals surface area contributed by atoms with Gasteiger partial charge < -0.3 is 9.15 Å². The van der Waals surface area contributed by atoms with E-state index in [1.54, 1.807) is 12.3 Å². The zero-order valence-corrected chi connectivity index (χ0v) is 21.2. The molecule has 0 unspecified atom stereocenters. The van der Waals surface area contributed by atoms with Crippen molar-refractivity contribution in [1.82, 2.24) is 20.0 Å². The molecule has 2 aromatic carbocycles. The number of aromatic nitrogens is 4. The summed E-state index contributed by atoms with van der Waals surface area (Å²) in [6.45, 7) is 3.08. The fraction of sp³-hybridized carbons (Fsp3) is 0.269. The first kappa shape index (κ1) is 27.1. The molecule has 0 fully saturated rings. The van der Waals surface area contributed by atoms with E-state index in [0.717, 1.165) is 43.5 Å². The normalized spacial score (nSPS) is 12.3. The summed E-state index contributed by atoms with van der Waals surface area (Å²) >= 11 is 0. The van der Waals surface area contributed by atoms with Crippen molar-refractivity contribution < 1.29 is 30.7 Å². The van der Waals surface area contributed by atoms with Crippen molar-refractivity contribution in [3.8, 4) is 5.75 Å². The largest absolute Gasteiger partial charge is 0.501 e. The minimum atomic E-state index is -5.38. The molecule has 200 valence electrons. The molecular weight excluding hydrogens is 521 g/mol. The molecule has 0 saturated heterocycles. The highest BCUT2D eigenvalue weighted by molar-refractivity contribution is 7.92. The SMILES string of the molecule is Cc1cc(OCc2coc(/C=C/c3ccc(S(=O)(=O)C(F)(F)F)cc3)n2)ccc1CCCCn1ccnn1. The number of hydrogen-bond donors (Lipinski definition) is 0. The maximum Gasteiger partial charge on any atom is 0.501 e. The standard InChI is InChI=1S/C26H25F3N4O4S/c1-19-16-23(9-8-21(19)4-2-3-14-33-15-13-30-32-33)36-17-22-18-37-25(31-22)12-7-20-5-10-24(11-6-20)38(34,35)26(27,28)29/h5-13,15-16,18H,2-4,14,17H2,1H3/b12-7+. The molecule has 0 saturated carbocycles. The molecule has 0 amide bonds. The highest BCUT2D eigenvalue weighted by Gasteiger charge is 2.46. The topological polar surface area (TPSA) is 100 Å². The lowest BCUT2D eigenvalue weighted by molar-refractivity contribution is -0.0436. The Balaban J connectivity index is 1.27. The fourth-order valence-electron chi connectivity index (χ4n) is 3.66. The third kappa shape index (κ3) is 6.88. The second-order valence-electron chi connectivity index (χ2n) is 8.53. The Morgan fingerprint density at radius 1 is 1.08 bits per heavy atom. The molecule has 0 bridgehead atoms. The smallest absolute Gasteiger partial charge is 0.487 e. The van der Waals surface area contributed by atoms with E-state index in [2.05, 4.69) is 21.4 Å². The van der Waals surface area contributed by atoms with E-state index in [9.17, 15) is 21.6 Å². The van der Waals surface area contributed by atoms with Crippen LogP contribution in [0.2, 0.25) is 0 Å². The molecular formula is C26H25F3N4O4S. The fourth-order valence-corrected chi connectivity index (χ4v) is 4.42. The molecule has 0 aliphatic carbocycles. The molecule has 0 spiro atoms. The molecule has 38 heavy (non-hydrogen) atoms. The van der Waals surface area contributed by atoms with E-state index in [-0.39, 0.29) is 12.5 Å². The van der Waals surface area contributed by atoms with Crippen LogP contribution in [0.4, 0.5) is 13.2 Å². The first-order chi connectivity index (χ1) is 18.1. The quantitative estimate of drug-likeness (QED) is 0.225. The van der Waals surface area contributed by atoms with E-state index in [1.807, 2.05) is 29.9 Å². The number of sulfone groups is 1. The van der Waals surface area contributed by atoms with Gasteiger partial charge in [-0.05, 0) is 73.2 Å². The number of ether oxygens (including phenoxy) is 1. The molecule has 0 radical (unpaired) electrons. The van der Waals surface area contributed by atoms with Gasteiger partial charge in [0.2, 0.25) is 5.89 Å². The number of hydrogen-bond acceptors (Lipinski definition) is 7. The van der Waals surface area contributed by atoms with Crippen molar-refractivity contribution in [3.05, 3.63) is 89.4 Å². The number of nitrogens with zero attached hydrogens (tertiary/aromatic N) is 4. The summed E-state index contributed by atoms with van der Waals surface area (Å²) in [4.78, 5) is 3.49. The molecule has 0 atom stereocenters. The van der Waals surface area contributed by atoms with Crippen molar-refractivity contribution >= 4 is 22.0 Å². The summed E-state index contributed by atoms with van der Waals surface area (Å²) in [5, 5.41) is 7.76. The van der Waals surface area contributed by atoms with Gasteiger partial charge in [-0.1, -0.05) is 23.4 Å². The number of alkyl halides is 3. The maximum absolute atomic E-state index is 12.7. The number of rotatable bonds is 11. The third-order valence-corrected chi connectivity index (χ3v) is 7.24. The van der Waals surface area contributed by atoms with Crippen LogP contribution in [-0.4, -0.2) is 33.9 Å². The Kier molecular flexibility index (Phi) is 8.30. The van der Waals surface area contributed by atoms with Gasteiger partial charge in [0, 0.05) is 18.8 Å². The van der Waals surface area contributed by atoms with E-state index in [4.69, 9.17) is 9.15 Å². The minimum Gasteiger partial charge on any atom is -0.487 e. The van der Waals surface area contributed by atoms with Crippen molar-refractivity contribution in [1.29, 1.82) is 0 Å². The Hall–Kier alpha value is -3.93. The maximum atomic E-state index is 12.7. The number of benzene rings is 2. The zero-order chi connectivity index (χ0) is 27.2. The molecule has 12 heteroatoms. The summed E-state index contributed by atoms with van der Waals surface area (Å²) in [5.41, 5.74) is -1.90. The zero-order valence-electron chi connectivity index (χ0n) is 20.4. The Morgan fingerprint density at radius 3 is 2.55 bits per heavy atom. The lowest BCUT2D eigenvalue weighted by atomic mass is 10.0. The molecule has 2 heterocycles. The molecule has 0 aliphatic rings. The van der Waals surface area contributed by atoms with Gasteiger partial charge in [0.1, 0.15) is 24.3 Å². The highest BCUT2D eigenvalue weighted by atomic mass is 32.2. The predicted octanol–water partition coefficient (Wildman–Crippen LogP) is 5.64. The van der Waals surface area contributed by atoms with Gasteiger partial charge in [0.25, 0.3) is 9.84 Å². The van der Waals surface area contributed by atoms with Crippen molar-refractivity contribution in [2.24, 2.45) is 0 Å². The van der Waals surface area contributed by atoms with E-state index in [0.29, 0.717) is 17.0 Å². The number of oxazole rings is 1. The van der Waals surface area contributed by atoms with Gasteiger partial charge in [-0.25, -0.2) is 13.4 Å². The Labute approximate surface area is 217 Å². The molecule has 0 aliphatic heterocycles. The number of unbranched alkanes of at least 4 members (excludes halogenated alkanes) is 1. The summed E-state index contributed by atoms with van der Waals surface area (Å²) < 4.78 is 73.9. The van der Waals surface area contributed by atoms with Crippen LogP contribution in [0.5, 0.6) is 5.75 Å². The van der Waals surface area contributed by atoms with Crippen LogP contribution >= 0.6 is 0 Å². The van der Waals surface area contributed by atoms with Crippen LogP contribution in [0.25, 0.3) is 12.2 Å². The van der Waals surface area contributed by atoms with Gasteiger partial charge in [-0.3, -0.25) is 4.68 Å². The average molecular weight is 547 g/mol. The van der Waals surface area contributed by atoms with E-state index < -0.39 is 20.2 Å². The lowest BCUT2D eigenvalue weighted by Crippen LogP contribution is -2.23. The van der Waals surface area contributed by atoms with Crippen molar-refractivity contribution in [2.75, 3.05) is 0 Å². The van der Waals surface area contributed by atoms with Crippen LogP contribution in [0, 0.1) is 6.92 Å². The number of halogens is 3. The first-order valence-corrected chi connectivity index (χ1v) is 13.2. The third-order valence-electron chi connectivity index (χ3n) is 5.74. The van der Waals surface area contributed by atoms with Crippen LogP contribution < -0.4 is 4.74 Å². The summed E-state index contributed by atoms with van der Waals surface area (Å²) in [5.74, 6) is 0.982. The highest BCUT2D eigenvalue weighted by Crippen LogP contribution is 2.30.